The van der Waals surface area contributed by atoms with Crippen LogP contribution in [0.5, 0.6) is 5.75 Å². The third-order valence-corrected chi connectivity index (χ3v) is 6.95. The number of nitrogens with zero attached hydrogens (tertiary/aromatic N) is 3. The van der Waals surface area contributed by atoms with Gasteiger partial charge in [0.1, 0.15) is 12.3 Å². The summed E-state index contributed by atoms with van der Waals surface area (Å²) in [5.41, 5.74) is 3.42. The lowest BCUT2D eigenvalue weighted by Crippen LogP contribution is -2.50. The van der Waals surface area contributed by atoms with Crippen molar-refractivity contribution in [2.45, 2.75) is 52.2 Å². The second kappa shape index (κ2) is 11.2. The Bertz CT molecular complexity index is 1190. The summed E-state index contributed by atoms with van der Waals surface area (Å²) in [6, 6.07) is 19.1. The van der Waals surface area contributed by atoms with Crippen LogP contribution in [0.4, 0.5) is 0 Å². The molecule has 3 aromatic rings. The highest BCUT2D eigenvalue weighted by Crippen LogP contribution is 2.33. The fraction of sp³-hybridized carbons (Fsp3) is 0.379. The second-order valence-electron chi connectivity index (χ2n) is 9.80. The highest BCUT2D eigenvalue weighted by molar-refractivity contribution is 6.30. The van der Waals surface area contributed by atoms with E-state index in [1.165, 1.54) is 5.56 Å². The molecule has 36 heavy (non-hydrogen) atoms. The molecule has 1 aliphatic heterocycles. The minimum Gasteiger partial charge on any atom is -0.484 e. The van der Waals surface area contributed by atoms with Gasteiger partial charge in [0.05, 0.1) is 6.04 Å². The van der Waals surface area contributed by atoms with Crippen molar-refractivity contribution in [3.63, 3.8) is 0 Å². The zero-order valence-corrected chi connectivity index (χ0v) is 22.1. The average molecular weight is 508 g/mol. The van der Waals surface area contributed by atoms with Crippen molar-refractivity contribution < 1.29 is 14.3 Å². The first-order valence-electron chi connectivity index (χ1n) is 12.5. The molecule has 2 heterocycles. The number of halogens is 1. The van der Waals surface area contributed by atoms with Gasteiger partial charge in [-0.1, -0.05) is 49.7 Å². The van der Waals surface area contributed by atoms with Crippen molar-refractivity contribution in [3.8, 4) is 5.75 Å². The number of aromatic nitrogens is 1. The fourth-order valence-corrected chi connectivity index (χ4v) is 4.75. The summed E-state index contributed by atoms with van der Waals surface area (Å²) in [5.74, 6) is 0.692. The number of ether oxygens (including phenoxy) is 1. The number of hydrogen-bond acceptors (Lipinski definition) is 3. The molecule has 1 unspecified atom stereocenters. The maximum Gasteiger partial charge on any atom is 0.261 e. The predicted octanol–water partition coefficient (Wildman–Crippen LogP) is 5.51. The van der Waals surface area contributed by atoms with Crippen LogP contribution in [0, 0.1) is 0 Å². The van der Waals surface area contributed by atoms with Gasteiger partial charge in [-0.2, -0.15) is 0 Å². The third kappa shape index (κ3) is 5.76. The molecule has 0 radical (unpaired) electrons. The van der Waals surface area contributed by atoms with E-state index in [4.69, 9.17) is 16.3 Å². The highest BCUT2D eigenvalue weighted by Gasteiger charge is 2.34. The summed E-state index contributed by atoms with van der Waals surface area (Å²) >= 11 is 5.92. The van der Waals surface area contributed by atoms with Crippen LogP contribution >= 0.6 is 11.6 Å². The van der Waals surface area contributed by atoms with Crippen molar-refractivity contribution in [1.29, 1.82) is 0 Å². The monoisotopic (exact) mass is 507 g/mol. The van der Waals surface area contributed by atoms with Gasteiger partial charge >= 0.3 is 0 Å². The third-order valence-electron chi connectivity index (χ3n) is 6.70. The molecule has 6 nitrogen and oxygen atoms in total. The summed E-state index contributed by atoms with van der Waals surface area (Å²) in [6.45, 7) is 9.34. The summed E-state index contributed by atoms with van der Waals surface area (Å²) in [6.07, 6.45) is 2.06. The van der Waals surface area contributed by atoms with Crippen LogP contribution in [0.15, 0.2) is 66.9 Å². The van der Waals surface area contributed by atoms with E-state index in [0.717, 1.165) is 17.8 Å². The van der Waals surface area contributed by atoms with Crippen molar-refractivity contribution in [3.05, 3.63) is 88.7 Å². The minimum absolute atomic E-state index is 0.00175. The minimum atomic E-state index is -0.230. The first kappa shape index (κ1) is 25.8. The van der Waals surface area contributed by atoms with Gasteiger partial charge in [-0.25, -0.2) is 0 Å². The Morgan fingerprint density at radius 1 is 1.00 bits per heavy atom. The molecular weight excluding hydrogens is 474 g/mol. The average Bonchev–Trinajstić information content (AvgIpc) is 3.35. The first-order chi connectivity index (χ1) is 17.2. The number of hydrogen-bond donors (Lipinski definition) is 0. The molecule has 0 aliphatic carbocycles. The maximum absolute atomic E-state index is 13.7. The van der Waals surface area contributed by atoms with Gasteiger partial charge in [0, 0.05) is 36.0 Å². The van der Waals surface area contributed by atoms with Gasteiger partial charge in [0.2, 0.25) is 5.91 Å². The van der Waals surface area contributed by atoms with Gasteiger partial charge in [-0.15, -0.1) is 0 Å². The SMILES string of the molecule is CC(C)c1ccc(C2c3cccn3CCN2C(=O)CN(C(=O)COc2ccc(Cl)cc2)C(C)C)cc1. The Morgan fingerprint density at radius 2 is 1.69 bits per heavy atom. The number of fused-ring (bicyclic) bond motifs is 1. The molecule has 0 fully saturated rings. The standard InChI is InChI=1S/C29H34ClN3O3/c1-20(2)22-7-9-23(10-8-22)29-26-6-5-15-31(26)16-17-32(29)27(34)18-33(21(3)4)28(35)19-36-25-13-11-24(30)12-14-25/h5-15,20-21,29H,16-19H2,1-4H3. The predicted molar refractivity (Wildman–Crippen MR) is 142 cm³/mol. The van der Waals surface area contributed by atoms with Gasteiger partial charge in [0.25, 0.3) is 5.91 Å². The molecule has 0 N–H and O–H groups in total. The van der Waals surface area contributed by atoms with Crippen molar-refractivity contribution in [2.75, 3.05) is 19.7 Å². The number of benzene rings is 2. The van der Waals surface area contributed by atoms with Crippen molar-refractivity contribution >= 4 is 23.4 Å². The van der Waals surface area contributed by atoms with Crippen LogP contribution in [0.25, 0.3) is 0 Å². The van der Waals surface area contributed by atoms with Crippen LogP contribution in [0.2, 0.25) is 5.02 Å². The zero-order chi connectivity index (χ0) is 25.8. The van der Waals surface area contributed by atoms with Gasteiger partial charge < -0.3 is 19.1 Å². The lowest BCUT2D eigenvalue weighted by molar-refractivity contribution is -0.144. The molecule has 0 bridgehead atoms. The van der Waals surface area contributed by atoms with Crippen LogP contribution < -0.4 is 4.74 Å². The Labute approximate surface area is 218 Å². The smallest absolute Gasteiger partial charge is 0.261 e. The molecular formula is C29H34ClN3O3. The van der Waals surface area contributed by atoms with E-state index in [0.29, 0.717) is 23.2 Å². The van der Waals surface area contributed by atoms with Gasteiger partial charge in [0.15, 0.2) is 6.61 Å². The van der Waals surface area contributed by atoms with Crippen molar-refractivity contribution in [1.82, 2.24) is 14.4 Å². The Balaban J connectivity index is 1.51. The van der Waals surface area contributed by atoms with E-state index in [2.05, 4.69) is 54.9 Å². The number of rotatable bonds is 8. The van der Waals surface area contributed by atoms with E-state index < -0.39 is 0 Å². The molecule has 4 rings (SSSR count). The second-order valence-corrected chi connectivity index (χ2v) is 10.2. The fourth-order valence-electron chi connectivity index (χ4n) is 4.62. The number of carbonyl (C=O) groups excluding carboxylic acids is 2. The summed E-state index contributed by atoms with van der Waals surface area (Å²) in [5, 5.41) is 0.601. The quantitative estimate of drug-likeness (QED) is 0.404. The highest BCUT2D eigenvalue weighted by atomic mass is 35.5. The van der Waals surface area contributed by atoms with Gasteiger partial charge in [-0.05, 0) is 67.3 Å². The maximum atomic E-state index is 13.7. The molecule has 7 heteroatoms. The zero-order valence-electron chi connectivity index (χ0n) is 21.4. The summed E-state index contributed by atoms with van der Waals surface area (Å²) < 4.78 is 7.86. The van der Waals surface area contributed by atoms with Crippen LogP contribution in [0.1, 0.15) is 56.5 Å². The Hall–Kier alpha value is -3.25. The number of carbonyl (C=O) groups is 2. The molecule has 2 aromatic carbocycles. The van der Waals surface area contributed by atoms with Gasteiger partial charge in [-0.3, -0.25) is 9.59 Å². The van der Waals surface area contributed by atoms with Crippen molar-refractivity contribution in [2.24, 2.45) is 0 Å². The Kier molecular flexibility index (Phi) is 8.04. The molecule has 2 amide bonds. The Morgan fingerprint density at radius 3 is 2.33 bits per heavy atom. The van der Waals surface area contributed by atoms with Crippen LogP contribution in [0.3, 0.4) is 0 Å². The molecule has 190 valence electrons. The summed E-state index contributed by atoms with van der Waals surface area (Å²) in [4.78, 5) is 30.2. The molecule has 1 aliphatic rings. The van der Waals surface area contributed by atoms with E-state index in [1.54, 1.807) is 29.2 Å². The molecule has 0 spiro atoms. The molecule has 1 aromatic heterocycles. The van der Waals surface area contributed by atoms with E-state index in [9.17, 15) is 9.59 Å². The lowest BCUT2D eigenvalue weighted by Gasteiger charge is -2.39. The largest absolute Gasteiger partial charge is 0.484 e. The number of amides is 2. The van der Waals surface area contributed by atoms with E-state index in [-0.39, 0.29) is 37.0 Å². The normalized spacial score (nSPS) is 15.2. The topological polar surface area (TPSA) is 54.8 Å². The first-order valence-corrected chi connectivity index (χ1v) is 12.8. The molecule has 1 atom stereocenters. The van der Waals surface area contributed by atoms with E-state index >= 15 is 0 Å². The van der Waals surface area contributed by atoms with Crippen LogP contribution in [-0.4, -0.2) is 51.9 Å². The van der Waals surface area contributed by atoms with Crippen LogP contribution in [-0.2, 0) is 16.1 Å². The molecule has 0 saturated carbocycles. The lowest BCUT2D eigenvalue weighted by atomic mass is 9.95. The molecule has 0 saturated heterocycles. The summed E-state index contributed by atoms with van der Waals surface area (Å²) in [7, 11) is 0. The van der Waals surface area contributed by atoms with E-state index in [1.807, 2.05) is 24.8 Å².